The Morgan fingerprint density at radius 1 is 0.818 bits per heavy atom. The van der Waals surface area contributed by atoms with Gasteiger partial charge in [-0.3, -0.25) is 8.37 Å². The van der Waals surface area contributed by atoms with Crippen molar-refractivity contribution < 1.29 is 44.9 Å². The maximum absolute atomic E-state index is 12.9. The lowest BCUT2D eigenvalue weighted by molar-refractivity contribution is -0.283. The fraction of sp³-hybridized carbons (Fsp3) is 0.429. The monoisotopic (exact) mass is 502 g/mol. The summed E-state index contributed by atoms with van der Waals surface area (Å²) in [7, 11) is -7.72. The molecule has 2 aromatic rings. The number of aliphatic hydroxyl groups is 2. The molecule has 1 aliphatic rings. The third kappa shape index (κ3) is 5.78. The van der Waals surface area contributed by atoms with Gasteiger partial charge in [-0.25, -0.2) is 0 Å². The van der Waals surface area contributed by atoms with Gasteiger partial charge in [-0.05, 0) is 38.1 Å². The highest BCUT2D eigenvalue weighted by Gasteiger charge is 2.51. The highest BCUT2D eigenvalue weighted by Crippen LogP contribution is 2.31. The molecule has 0 aliphatic carbocycles. The van der Waals surface area contributed by atoms with Crippen molar-refractivity contribution in [3.8, 4) is 0 Å². The predicted octanol–water partition coefficient (Wildman–Crippen LogP) is 0.876. The lowest BCUT2D eigenvalue weighted by Gasteiger charge is -2.42. The Hall–Kier alpha value is -1.90. The van der Waals surface area contributed by atoms with Crippen LogP contribution in [-0.4, -0.2) is 71.5 Å². The van der Waals surface area contributed by atoms with Gasteiger partial charge in [-0.2, -0.15) is 16.8 Å². The summed E-state index contributed by atoms with van der Waals surface area (Å²) in [5, 5.41) is 20.2. The third-order valence-electron chi connectivity index (χ3n) is 5.13. The smallest absolute Gasteiger partial charge is 0.297 e. The zero-order chi connectivity index (χ0) is 24.4. The van der Waals surface area contributed by atoms with Crippen molar-refractivity contribution >= 4 is 20.2 Å². The van der Waals surface area contributed by atoms with E-state index in [0.717, 1.165) is 11.1 Å². The van der Waals surface area contributed by atoms with Crippen molar-refractivity contribution in [2.24, 2.45) is 0 Å². The van der Waals surface area contributed by atoms with E-state index in [1.807, 2.05) is 0 Å². The molecule has 0 amide bonds. The first-order valence-electron chi connectivity index (χ1n) is 9.95. The van der Waals surface area contributed by atoms with Gasteiger partial charge in [0.2, 0.25) is 0 Å². The van der Waals surface area contributed by atoms with Gasteiger partial charge in [0.25, 0.3) is 20.2 Å². The summed E-state index contributed by atoms with van der Waals surface area (Å²) in [5.74, 6) is 0. The molecule has 1 fully saturated rings. The highest BCUT2D eigenvalue weighted by molar-refractivity contribution is 7.87. The van der Waals surface area contributed by atoms with Crippen LogP contribution in [0.5, 0.6) is 0 Å². The second kappa shape index (κ2) is 10.2. The van der Waals surface area contributed by atoms with Gasteiger partial charge < -0.3 is 19.7 Å². The van der Waals surface area contributed by atoms with Crippen LogP contribution in [0.15, 0.2) is 58.3 Å². The second-order valence-corrected chi connectivity index (χ2v) is 10.8. The summed E-state index contributed by atoms with van der Waals surface area (Å²) >= 11 is 0. The molecule has 2 N–H and O–H groups in total. The van der Waals surface area contributed by atoms with Crippen molar-refractivity contribution in [2.45, 2.75) is 54.3 Å². The molecule has 2 aromatic carbocycles. The summed E-state index contributed by atoms with van der Waals surface area (Å²) < 4.78 is 72.6. The number of aryl methyl sites for hydroxylation is 2. The Morgan fingerprint density at radius 2 is 1.24 bits per heavy atom. The normalized spacial score (nSPS) is 26.3. The van der Waals surface area contributed by atoms with Crippen LogP contribution < -0.4 is 0 Å². The van der Waals surface area contributed by atoms with E-state index in [1.54, 1.807) is 38.1 Å². The molecular formula is C21H26O10S2. The molecule has 3 rings (SSSR count). The van der Waals surface area contributed by atoms with E-state index in [-0.39, 0.29) is 9.79 Å². The van der Waals surface area contributed by atoms with Gasteiger partial charge in [0, 0.05) is 7.11 Å². The Kier molecular flexibility index (Phi) is 7.91. The molecule has 33 heavy (non-hydrogen) atoms. The van der Waals surface area contributed by atoms with Crippen molar-refractivity contribution in [1.29, 1.82) is 0 Å². The minimum atomic E-state index is -4.46. The SMILES string of the molecule is CO[C@H]1OC(CO)[C@@H](O)[C@@H](OS(=O)(=O)c2ccc(C)cc2)C1OS(=O)(=O)c1ccc(C)cc1. The van der Waals surface area contributed by atoms with E-state index in [9.17, 15) is 27.0 Å². The van der Waals surface area contributed by atoms with Crippen LogP contribution >= 0.6 is 0 Å². The van der Waals surface area contributed by atoms with Gasteiger partial charge in [0.15, 0.2) is 12.4 Å². The van der Waals surface area contributed by atoms with Crippen molar-refractivity contribution in [3.63, 3.8) is 0 Å². The fourth-order valence-electron chi connectivity index (χ4n) is 3.26. The molecule has 0 saturated carbocycles. The van der Waals surface area contributed by atoms with Crippen LogP contribution in [0.4, 0.5) is 0 Å². The summed E-state index contributed by atoms with van der Waals surface area (Å²) in [6.45, 7) is 2.84. The molecule has 0 aromatic heterocycles. The average Bonchev–Trinajstić information content (AvgIpc) is 2.77. The molecule has 0 bridgehead atoms. The van der Waals surface area contributed by atoms with Crippen LogP contribution in [0.1, 0.15) is 11.1 Å². The number of rotatable bonds is 8. The summed E-state index contributed by atoms with van der Waals surface area (Å²) in [4.78, 5) is -0.400. The number of aliphatic hydroxyl groups excluding tert-OH is 2. The predicted molar refractivity (Wildman–Crippen MR) is 115 cm³/mol. The largest absolute Gasteiger partial charge is 0.394 e. The number of hydrogen-bond donors (Lipinski definition) is 2. The minimum absolute atomic E-state index is 0.193. The number of hydrogen-bond acceptors (Lipinski definition) is 10. The molecule has 0 spiro atoms. The lowest BCUT2D eigenvalue weighted by Crippen LogP contribution is -2.61. The Labute approximate surface area is 192 Å². The average molecular weight is 503 g/mol. The van der Waals surface area contributed by atoms with E-state index in [4.69, 9.17) is 17.8 Å². The van der Waals surface area contributed by atoms with E-state index in [2.05, 4.69) is 0 Å². The topological polar surface area (TPSA) is 146 Å². The van der Waals surface area contributed by atoms with Crippen LogP contribution in [0.3, 0.4) is 0 Å². The van der Waals surface area contributed by atoms with E-state index < -0.39 is 57.5 Å². The van der Waals surface area contributed by atoms with Gasteiger partial charge >= 0.3 is 0 Å². The quantitative estimate of drug-likeness (QED) is 0.499. The number of ether oxygens (including phenoxy) is 2. The summed E-state index contributed by atoms with van der Waals surface area (Å²) in [6, 6.07) is 11.5. The highest BCUT2D eigenvalue weighted by atomic mass is 32.2. The van der Waals surface area contributed by atoms with Crippen LogP contribution in [0.2, 0.25) is 0 Å². The van der Waals surface area contributed by atoms with Crippen molar-refractivity contribution in [3.05, 3.63) is 59.7 Å². The maximum atomic E-state index is 12.9. The van der Waals surface area contributed by atoms with Crippen LogP contribution in [-0.2, 0) is 38.1 Å². The molecule has 1 saturated heterocycles. The summed E-state index contributed by atoms with van der Waals surface area (Å²) in [5.41, 5.74) is 1.63. The number of benzene rings is 2. The van der Waals surface area contributed by atoms with Crippen molar-refractivity contribution in [2.75, 3.05) is 13.7 Å². The molecule has 12 heteroatoms. The second-order valence-electron chi connectivity index (χ2n) is 7.61. The van der Waals surface area contributed by atoms with Gasteiger partial charge in [0.1, 0.15) is 18.3 Å². The summed E-state index contributed by atoms with van der Waals surface area (Å²) in [6.07, 6.45) is -8.01. The first-order valence-corrected chi connectivity index (χ1v) is 12.8. The lowest BCUT2D eigenvalue weighted by atomic mass is 9.99. The van der Waals surface area contributed by atoms with E-state index in [0.29, 0.717) is 0 Å². The first-order chi connectivity index (χ1) is 15.5. The van der Waals surface area contributed by atoms with E-state index in [1.165, 1.54) is 31.4 Å². The molecule has 2 unspecified atom stereocenters. The first kappa shape index (κ1) is 25.7. The van der Waals surface area contributed by atoms with Crippen LogP contribution in [0.25, 0.3) is 0 Å². The maximum Gasteiger partial charge on any atom is 0.297 e. The Morgan fingerprint density at radius 3 is 1.64 bits per heavy atom. The van der Waals surface area contributed by atoms with Gasteiger partial charge in [-0.15, -0.1) is 0 Å². The molecule has 1 heterocycles. The van der Waals surface area contributed by atoms with Gasteiger partial charge in [0.05, 0.1) is 16.4 Å². The Bertz CT molecular complexity index is 1140. The molecule has 5 atom stereocenters. The fourth-order valence-corrected chi connectivity index (χ4v) is 5.43. The number of methoxy groups -OCH3 is 1. The van der Waals surface area contributed by atoms with Gasteiger partial charge in [-0.1, -0.05) is 35.4 Å². The zero-order valence-electron chi connectivity index (χ0n) is 18.2. The van der Waals surface area contributed by atoms with Crippen LogP contribution in [0, 0.1) is 13.8 Å². The molecule has 10 nitrogen and oxygen atoms in total. The third-order valence-corrected chi connectivity index (χ3v) is 7.78. The van der Waals surface area contributed by atoms with Crippen molar-refractivity contribution in [1.82, 2.24) is 0 Å². The van der Waals surface area contributed by atoms with E-state index >= 15 is 0 Å². The molecule has 182 valence electrons. The molecule has 1 aliphatic heterocycles. The zero-order valence-corrected chi connectivity index (χ0v) is 19.8. The Balaban J connectivity index is 1.98. The minimum Gasteiger partial charge on any atom is -0.394 e. The molecule has 0 radical (unpaired) electrons. The molecular weight excluding hydrogens is 476 g/mol. The standard InChI is InChI=1S/C21H26O10S2/c1-13-4-8-15(9-5-13)32(24,25)30-19-18(23)17(12-22)29-21(28-3)20(19)31-33(26,27)16-10-6-14(2)7-11-16/h4-11,17-23H,12H2,1-3H3/t17?,18-,19-,20?,21+/m1/s1.